The summed E-state index contributed by atoms with van der Waals surface area (Å²) < 4.78 is 1.46. The highest BCUT2D eigenvalue weighted by molar-refractivity contribution is 7.20. The Labute approximate surface area is 153 Å². The van der Waals surface area contributed by atoms with Crippen LogP contribution in [0.4, 0.5) is 0 Å². The van der Waals surface area contributed by atoms with E-state index in [4.69, 9.17) is 0 Å². The van der Waals surface area contributed by atoms with Gasteiger partial charge in [-0.15, -0.1) is 22.7 Å². The Balaban J connectivity index is 1.79. The third-order valence-electron chi connectivity index (χ3n) is 4.95. The number of nitrogens with zero attached hydrogens (tertiary/aromatic N) is 3. The van der Waals surface area contributed by atoms with Crippen LogP contribution in [-0.2, 0) is 13.5 Å². The number of rotatable bonds is 2. The van der Waals surface area contributed by atoms with E-state index in [-0.39, 0.29) is 17.5 Å². The van der Waals surface area contributed by atoms with Gasteiger partial charge in [-0.05, 0) is 42.3 Å². The molecule has 0 radical (unpaired) electrons. The summed E-state index contributed by atoms with van der Waals surface area (Å²) in [5.41, 5.74) is 1.94. The molecule has 0 aromatic carbocycles. The van der Waals surface area contributed by atoms with Gasteiger partial charge in [0.05, 0.1) is 22.6 Å². The fourth-order valence-electron chi connectivity index (χ4n) is 3.62. The zero-order valence-corrected chi connectivity index (χ0v) is 16.0. The summed E-state index contributed by atoms with van der Waals surface area (Å²) in [5, 5.41) is 2.68. The number of aryl methyl sites for hydroxylation is 2. The molecule has 0 bridgehead atoms. The van der Waals surface area contributed by atoms with Crippen molar-refractivity contribution in [2.45, 2.75) is 32.7 Å². The molecule has 3 aromatic rings. The number of fused-ring (bicyclic) bond motifs is 2. The molecule has 1 aliphatic heterocycles. The molecule has 3 aromatic heterocycles. The first kappa shape index (κ1) is 16.5. The number of amides is 1. The summed E-state index contributed by atoms with van der Waals surface area (Å²) in [4.78, 5) is 34.7. The van der Waals surface area contributed by atoms with Crippen LogP contribution in [0.5, 0.6) is 0 Å². The van der Waals surface area contributed by atoms with Gasteiger partial charge >= 0.3 is 0 Å². The van der Waals surface area contributed by atoms with Crippen LogP contribution < -0.4 is 5.56 Å². The first-order valence-electron chi connectivity index (χ1n) is 8.34. The fraction of sp³-hybridized carbons (Fsp3) is 0.389. The molecule has 0 spiro atoms. The van der Waals surface area contributed by atoms with Gasteiger partial charge in [0.1, 0.15) is 4.83 Å². The predicted octanol–water partition coefficient (Wildman–Crippen LogP) is 3.51. The summed E-state index contributed by atoms with van der Waals surface area (Å²) in [5.74, 6) is 0.0197. The van der Waals surface area contributed by atoms with E-state index in [2.05, 4.69) is 23.4 Å². The molecule has 1 unspecified atom stereocenters. The van der Waals surface area contributed by atoms with Crippen molar-refractivity contribution < 1.29 is 4.79 Å². The lowest BCUT2D eigenvalue weighted by molar-refractivity contribution is 0.0662. The lowest BCUT2D eigenvalue weighted by Gasteiger charge is -2.35. The van der Waals surface area contributed by atoms with Gasteiger partial charge in [0.2, 0.25) is 0 Å². The molecule has 0 N–H and O–H groups in total. The van der Waals surface area contributed by atoms with Crippen molar-refractivity contribution >= 4 is 38.8 Å². The molecule has 4 heterocycles. The maximum Gasteiger partial charge on any atom is 0.264 e. The van der Waals surface area contributed by atoms with Gasteiger partial charge in [0, 0.05) is 18.5 Å². The number of hydrogen-bond acceptors (Lipinski definition) is 5. The Morgan fingerprint density at radius 3 is 3.00 bits per heavy atom. The first-order chi connectivity index (χ1) is 12.0. The van der Waals surface area contributed by atoms with Crippen molar-refractivity contribution in [2.75, 3.05) is 6.54 Å². The smallest absolute Gasteiger partial charge is 0.264 e. The second kappa shape index (κ2) is 6.07. The quantitative estimate of drug-likeness (QED) is 0.691. The van der Waals surface area contributed by atoms with Crippen molar-refractivity contribution in [1.82, 2.24) is 14.5 Å². The van der Waals surface area contributed by atoms with Crippen LogP contribution in [-0.4, -0.2) is 26.9 Å². The maximum atomic E-state index is 13.3. The molecular weight excluding hydrogens is 354 g/mol. The monoisotopic (exact) mass is 373 g/mol. The van der Waals surface area contributed by atoms with E-state index in [0.29, 0.717) is 15.1 Å². The third-order valence-corrected chi connectivity index (χ3v) is 7.13. The molecule has 4 rings (SSSR count). The standard InChI is InChI=1S/C18H19N3O2S2/c1-4-12-11-6-8-24-13(11)5-7-21(12)18(23)15-10(2)14-16(25-15)19-9-20(3)17(14)22/h6,8-9,12H,4-5,7H2,1-3H3. The Morgan fingerprint density at radius 1 is 1.44 bits per heavy atom. The van der Waals surface area contributed by atoms with Gasteiger partial charge in [-0.2, -0.15) is 0 Å². The Hall–Kier alpha value is -1.99. The van der Waals surface area contributed by atoms with Crippen molar-refractivity contribution in [3.05, 3.63) is 49.0 Å². The predicted molar refractivity (Wildman–Crippen MR) is 102 cm³/mol. The Kier molecular flexibility index (Phi) is 4.00. The molecule has 1 aliphatic rings. The van der Waals surface area contributed by atoms with E-state index >= 15 is 0 Å². The lowest BCUT2D eigenvalue weighted by atomic mass is 9.97. The normalized spacial score (nSPS) is 17.1. The molecule has 130 valence electrons. The maximum absolute atomic E-state index is 13.3. The van der Waals surface area contributed by atoms with Crippen LogP contribution >= 0.6 is 22.7 Å². The van der Waals surface area contributed by atoms with E-state index in [0.717, 1.165) is 24.9 Å². The molecule has 0 saturated carbocycles. The van der Waals surface area contributed by atoms with Crippen LogP contribution in [0.25, 0.3) is 10.2 Å². The zero-order chi connectivity index (χ0) is 17.7. The largest absolute Gasteiger partial charge is 0.331 e. The number of aromatic nitrogens is 2. The minimum Gasteiger partial charge on any atom is -0.331 e. The minimum absolute atomic E-state index is 0.0197. The number of hydrogen-bond donors (Lipinski definition) is 0. The molecule has 0 fully saturated rings. The van der Waals surface area contributed by atoms with E-state index in [1.165, 1.54) is 32.7 Å². The Bertz CT molecular complexity index is 1030. The van der Waals surface area contributed by atoms with Crippen LogP contribution in [0.1, 0.15) is 45.1 Å². The summed E-state index contributed by atoms with van der Waals surface area (Å²) in [6.45, 7) is 4.70. The van der Waals surface area contributed by atoms with Gasteiger partial charge < -0.3 is 9.47 Å². The molecule has 1 amide bonds. The molecule has 7 heteroatoms. The minimum atomic E-state index is -0.0939. The highest BCUT2D eigenvalue weighted by Crippen LogP contribution is 2.37. The van der Waals surface area contributed by atoms with Crippen molar-refractivity contribution in [2.24, 2.45) is 7.05 Å². The molecule has 1 atom stereocenters. The zero-order valence-electron chi connectivity index (χ0n) is 14.4. The number of carbonyl (C=O) groups excluding carboxylic acids is 1. The lowest BCUT2D eigenvalue weighted by Crippen LogP contribution is -2.39. The van der Waals surface area contributed by atoms with E-state index in [9.17, 15) is 9.59 Å². The SMILES string of the molecule is CCC1c2ccsc2CCN1C(=O)c1sc2ncn(C)c(=O)c2c1C. The Morgan fingerprint density at radius 2 is 2.24 bits per heavy atom. The van der Waals surface area contributed by atoms with Crippen LogP contribution in [0.3, 0.4) is 0 Å². The number of carbonyl (C=O) groups is 1. The molecule has 25 heavy (non-hydrogen) atoms. The molecular formula is C18H19N3O2S2. The first-order valence-corrected chi connectivity index (χ1v) is 10.0. The van der Waals surface area contributed by atoms with E-state index < -0.39 is 0 Å². The second-order valence-electron chi connectivity index (χ2n) is 6.37. The molecule has 0 saturated heterocycles. The number of thiophene rings is 2. The molecule has 5 nitrogen and oxygen atoms in total. The van der Waals surface area contributed by atoms with Crippen molar-refractivity contribution in [1.29, 1.82) is 0 Å². The van der Waals surface area contributed by atoms with Crippen LogP contribution in [0, 0.1) is 6.92 Å². The third kappa shape index (κ3) is 2.45. The molecule has 0 aliphatic carbocycles. The van der Waals surface area contributed by atoms with Gasteiger partial charge in [-0.3, -0.25) is 9.59 Å². The van der Waals surface area contributed by atoms with Gasteiger partial charge in [-0.1, -0.05) is 6.92 Å². The van der Waals surface area contributed by atoms with E-state index in [1.54, 1.807) is 18.4 Å². The highest BCUT2D eigenvalue weighted by atomic mass is 32.1. The summed E-state index contributed by atoms with van der Waals surface area (Å²) in [7, 11) is 1.68. The topological polar surface area (TPSA) is 55.2 Å². The summed E-state index contributed by atoms with van der Waals surface area (Å²) in [6.07, 6.45) is 3.31. The fourth-order valence-corrected chi connectivity index (χ4v) is 5.65. The summed E-state index contributed by atoms with van der Waals surface area (Å²) >= 11 is 3.11. The average Bonchev–Trinajstić information content (AvgIpc) is 3.21. The van der Waals surface area contributed by atoms with Crippen molar-refractivity contribution in [3.63, 3.8) is 0 Å². The average molecular weight is 374 g/mol. The van der Waals surface area contributed by atoms with Gasteiger partial charge in [0.25, 0.3) is 11.5 Å². The van der Waals surface area contributed by atoms with Crippen LogP contribution in [0.15, 0.2) is 22.6 Å². The van der Waals surface area contributed by atoms with E-state index in [1.807, 2.05) is 11.8 Å². The van der Waals surface area contributed by atoms with Gasteiger partial charge in [-0.25, -0.2) is 4.98 Å². The van der Waals surface area contributed by atoms with Crippen molar-refractivity contribution in [3.8, 4) is 0 Å². The van der Waals surface area contributed by atoms with Gasteiger partial charge in [0.15, 0.2) is 0 Å². The second-order valence-corrected chi connectivity index (χ2v) is 8.37. The highest BCUT2D eigenvalue weighted by Gasteiger charge is 2.33. The van der Waals surface area contributed by atoms with Crippen LogP contribution in [0.2, 0.25) is 0 Å². The summed E-state index contributed by atoms with van der Waals surface area (Å²) in [6, 6.07) is 2.26.